The Morgan fingerprint density at radius 2 is 2.40 bits per heavy atom. The molecule has 1 aromatic rings. The minimum atomic E-state index is -0.950. The normalized spacial score (nSPS) is 11.4. The van der Waals surface area contributed by atoms with Crippen LogP contribution in [-0.2, 0) is 16.1 Å². The molecule has 1 N–H and O–H groups in total. The molecule has 0 amide bonds. The van der Waals surface area contributed by atoms with Crippen LogP contribution in [0.15, 0.2) is 36.0 Å². The van der Waals surface area contributed by atoms with Crippen LogP contribution in [0.4, 0.5) is 0 Å². The van der Waals surface area contributed by atoms with Crippen LogP contribution in [0.2, 0.25) is 0 Å². The van der Waals surface area contributed by atoms with E-state index in [1.54, 1.807) is 13.1 Å². The second-order valence-electron chi connectivity index (χ2n) is 3.14. The van der Waals surface area contributed by atoms with Crippen molar-refractivity contribution in [1.82, 2.24) is 4.98 Å². The maximum absolute atomic E-state index is 10.3. The summed E-state index contributed by atoms with van der Waals surface area (Å²) < 4.78 is 5.29. The lowest BCUT2D eigenvalue weighted by Gasteiger charge is -2.02. The number of ether oxygens (including phenoxy) is 1. The highest BCUT2D eigenvalue weighted by atomic mass is 16.5. The van der Waals surface area contributed by atoms with Crippen LogP contribution >= 0.6 is 0 Å². The number of nitrogens with zero attached hydrogens (tertiary/aromatic N) is 1. The summed E-state index contributed by atoms with van der Waals surface area (Å²) in [4.78, 5) is 14.4. The van der Waals surface area contributed by atoms with Crippen LogP contribution < -0.4 is 0 Å². The lowest BCUT2D eigenvalue weighted by atomic mass is 10.3. The summed E-state index contributed by atoms with van der Waals surface area (Å²) in [6.07, 6.45) is 2.83. The van der Waals surface area contributed by atoms with Gasteiger partial charge in [-0.05, 0) is 24.6 Å². The summed E-state index contributed by atoms with van der Waals surface area (Å²) in [5.41, 5.74) is 1.51. The Bertz CT molecular complexity index is 346. The van der Waals surface area contributed by atoms with Crippen LogP contribution in [0.5, 0.6) is 0 Å². The molecule has 0 unspecified atom stereocenters. The van der Waals surface area contributed by atoms with E-state index in [-0.39, 0.29) is 0 Å². The van der Waals surface area contributed by atoms with E-state index in [0.717, 1.165) is 11.8 Å². The summed E-state index contributed by atoms with van der Waals surface area (Å²) in [5, 5.41) is 8.46. The fourth-order valence-corrected chi connectivity index (χ4v) is 1.05. The summed E-state index contributed by atoms with van der Waals surface area (Å²) in [7, 11) is 0. The lowest BCUT2D eigenvalue weighted by Crippen LogP contribution is -2.00. The average Bonchev–Trinajstić information content (AvgIpc) is 2.18. The fraction of sp³-hybridized carbons (Fsp3) is 0.273. The van der Waals surface area contributed by atoms with Gasteiger partial charge in [-0.1, -0.05) is 6.07 Å². The minimum absolute atomic E-state index is 0.308. The first-order valence-electron chi connectivity index (χ1n) is 4.56. The molecule has 0 spiro atoms. The van der Waals surface area contributed by atoms with E-state index in [1.807, 2.05) is 18.2 Å². The zero-order valence-corrected chi connectivity index (χ0v) is 8.51. The number of hydrogen-bond acceptors (Lipinski definition) is 3. The van der Waals surface area contributed by atoms with E-state index in [9.17, 15) is 4.79 Å². The summed E-state index contributed by atoms with van der Waals surface area (Å²) >= 11 is 0. The SMILES string of the molecule is C/C(=C/C(=O)O)COCc1ccccn1. The predicted molar refractivity (Wildman–Crippen MR) is 55.3 cm³/mol. The van der Waals surface area contributed by atoms with Crippen LogP contribution in [0, 0.1) is 0 Å². The fourth-order valence-electron chi connectivity index (χ4n) is 1.05. The maximum Gasteiger partial charge on any atom is 0.328 e. The Morgan fingerprint density at radius 3 is 3.00 bits per heavy atom. The molecule has 0 aliphatic heterocycles. The number of carboxylic acid groups (broad SMARTS) is 1. The molecule has 0 aliphatic carbocycles. The summed E-state index contributed by atoms with van der Waals surface area (Å²) in [6, 6.07) is 5.57. The van der Waals surface area contributed by atoms with Gasteiger partial charge in [0, 0.05) is 12.3 Å². The molecule has 0 radical (unpaired) electrons. The largest absolute Gasteiger partial charge is 0.478 e. The molecule has 15 heavy (non-hydrogen) atoms. The zero-order chi connectivity index (χ0) is 11.1. The molecule has 4 nitrogen and oxygen atoms in total. The molecule has 4 heteroatoms. The van der Waals surface area contributed by atoms with Gasteiger partial charge in [-0.3, -0.25) is 4.98 Å². The number of hydrogen-bond donors (Lipinski definition) is 1. The van der Waals surface area contributed by atoms with E-state index in [0.29, 0.717) is 18.8 Å². The van der Waals surface area contributed by atoms with E-state index in [4.69, 9.17) is 9.84 Å². The van der Waals surface area contributed by atoms with Crippen molar-refractivity contribution in [2.45, 2.75) is 13.5 Å². The maximum atomic E-state index is 10.3. The Hall–Kier alpha value is -1.68. The monoisotopic (exact) mass is 207 g/mol. The van der Waals surface area contributed by atoms with Gasteiger partial charge in [-0.25, -0.2) is 4.79 Å². The van der Waals surface area contributed by atoms with Gasteiger partial charge in [0.2, 0.25) is 0 Å². The van der Waals surface area contributed by atoms with Crippen molar-refractivity contribution in [2.75, 3.05) is 6.61 Å². The third kappa shape index (κ3) is 4.93. The van der Waals surface area contributed by atoms with Gasteiger partial charge in [0.1, 0.15) is 0 Å². The van der Waals surface area contributed by atoms with E-state index in [1.165, 1.54) is 0 Å². The van der Waals surface area contributed by atoms with Crippen molar-refractivity contribution in [3.05, 3.63) is 41.7 Å². The van der Waals surface area contributed by atoms with Gasteiger partial charge in [-0.15, -0.1) is 0 Å². The highest BCUT2D eigenvalue weighted by Crippen LogP contribution is 1.99. The number of aliphatic carboxylic acids is 1. The van der Waals surface area contributed by atoms with Gasteiger partial charge < -0.3 is 9.84 Å². The number of aromatic nitrogens is 1. The molecule has 0 bridgehead atoms. The molecule has 1 rings (SSSR count). The molecule has 0 aromatic carbocycles. The van der Waals surface area contributed by atoms with Crippen molar-refractivity contribution in [3.8, 4) is 0 Å². The summed E-state index contributed by atoms with van der Waals surface area (Å²) in [6.45, 7) is 2.42. The van der Waals surface area contributed by atoms with Gasteiger partial charge in [-0.2, -0.15) is 0 Å². The molecule has 0 atom stereocenters. The van der Waals surface area contributed by atoms with Crippen molar-refractivity contribution in [1.29, 1.82) is 0 Å². The first-order chi connectivity index (χ1) is 7.18. The first-order valence-corrected chi connectivity index (χ1v) is 4.56. The standard InChI is InChI=1S/C11H13NO3/c1-9(6-11(13)14)7-15-8-10-4-2-3-5-12-10/h2-6H,7-8H2,1H3,(H,13,14)/b9-6-. The Morgan fingerprint density at radius 1 is 1.60 bits per heavy atom. The molecule has 0 aliphatic rings. The Kier molecular flexibility index (Phi) is 4.50. The highest BCUT2D eigenvalue weighted by molar-refractivity contribution is 5.80. The van der Waals surface area contributed by atoms with Crippen LogP contribution in [0.25, 0.3) is 0 Å². The van der Waals surface area contributed by atoms with Gasteiger partial charge in [0.05, 0.1) is 18.9 Å². The molecule has 1 heterocycles. The Labute approximate surface area is 88.2 Å². The second-order valence-corrected chi connectivity index (χ2v) is 3.14. The van der Waals surface area contributed by atoms with Crippen LogP contribution in [-0.4, -0.2) is 22.7 Å². The van der Waals surface area contributed by atoms with Crippen LogP contribution in [0.1, 0.15) is 12.6 Å². The molecular formula is C11H13NO3. The number of carbonyl (C=O) groups is 1. The molecular weight excluding hydrogens is 194 g/mol. The smallest absolute Gasteiger partial charge is 0.328 e. The topological polar surface area (TPSA) is 59.4 Å². The van der Waals surface area contributed by atoms with Crippen molar-refractivity contribution in [3.63, 3.8) is 0 Å². The number of rotatable bonds is 5. The van der Waals surface area contributed by atoms with E-state index in [2.05, 4.69) is 4.98 Å². The molecule has 80 valence electrons. The van der Waals surface area contributed by atoms with Crippen molar-refractivity contribution >= 4 is 5.97 Å². The highest BCUT2D eigenvalue weighted by Gasteiger charge is 1.96. The quantitative estimate of drug-likeness (QED) is 0.745. The zero-order valence-electron chi connectivity index (χ0n) is 8.51. The Balaban J connectivity index is 2.31. The second kappa shape index (κ2) is 5.93. The van der Waals surface area contributed by atoms with E-state index < -0.39 is 5.97 Å². The minimum Gasteiger partial charge on any atom is -0.478 e. The van der Waals surface area contributed by atoms with Gasteiger partial charge in [0.25, 0.3) is 0 Å². The molecule has 0 saturated carbocycles. The third-order valence-electron chi connectivity index (χ3n) is 1.68. The molecule has 1 aromatic heterocycles. The molecule has 0 fully saturated rings. The predicted octanol–water partition coefficient (Wildman–Crippen LogP) is 1.63. The van der Waals surface area contributed by atoms with Crippen molar-refractivity contribution < 1.29 is 14.6 Å². The van der Waals surface area contributed by atoms with Crippen LogP contribution in [0.3, 0.4) is 0 Å². The number of pyridine rings is 1. The van der Waals surface area contributed by atoms with Crippen molar-refractivity contribution in [2.24, 2.45) is 0 Å². The van der Waals surface area contributed by atoms with Gasteiger partial charge in [0.15, 0.2) is 0 Å². The molecule has 0 saturated heterocycles. The lowest BCUT2D eigenvalue weighted by molar-refractivity contribution is -0.131. The third-order valence-corrected chi connectivity index (χ3v) is 1.68. The summed E-state index contributed by atoms with van der Waals surface area (Å²) in [5.74, 6) is -0.950. The first kappa shape index (κ1) is 11.4. The van der Waals surface area contributed by atoms with Gasteiger partial charge >= 0.3 is 5.97 Å². The average molecular weight is 207 g/mol. The van der Waals surface area contributed by atoms with E-state index >= 15 is 0 Å². The number of carboxylic acids is 1.